The molecule has 2 aromatic rings. The second kappa shape index (κ2) is 4.24. The second-order valence-corrected chi connectivity index (χ2v) is 5.21. The molecule has 1 aliphatic rings. The highest BCUT2D eigenvalue weighted by molar-refractivity contribution is 5.81. The van der Waals surface area contributed by atoms with E-state index in [4.69, 9.17) is 5.26 Å². The minimum absolute atomic E-state index is 0.0821. The Morgan fingerprint density at radius 2 is 1.63 bits per heavy atom. The second-order valence-electron chi connectivity index (χ2n) is 5.21. The number of rotatable bonds is 2. The number of hydrogen-bond donors (Lipinski definition) is 0. The Kier molecular flexibility index (Phi) is 2.68. The van der Waals surface area contributed by atoms with Crippen molar-refractivity contribution in [2.24, 2.45) is 0 Å². The summed E-state index contributed by atoms with van der Waals surface area (Å²) in [5.41, 5.74) is 6.24. The van der Waals surface area contributed by atoms with Crippen LogP contribution in [0.3, 0.4) is 0 Å². The predicted molar refractivity (Wildman–Crippen MR) is 78.0 cm³/mol. The van der Waals surface area contributed by atoms with Crippen LogP contribution >= 0.6 is 0 Å². The molecule has 94 valence electrons. The maximum atomic E-state index is 9.15. The third-order valence-electron chi connectivity index (χ3n) is 4.60. The van der Waals surface area contributed by atoms with Gasteiger partial charge in [-0.1, -0.05) is 44.2 Å². The van der Waals surface area contributed by atoms with Crippen molar-refractivity contribution in [3.8, 4) is 17.2 Å². The molecule has 0 N–H and O–H groups in total. The van der Waals surface area contributed by atoms with E-state index in [0.29, 0.717) is 0 Å². The third kappa shape index (κ3) is 1.47. The SMILES string of the molecule is CCC1(CC)c2ccccc2-c2ccc(C#N)cc21. The maximum Gasteiger partial charge on any atom is 0.0991 e. The van der Waals surface area contributed by atoms with Crippen molar-refractivity contribution in [3.63, 3.8) is 0 Å². The van der Waals surface area contributed by atoms with E-state index in [9.17, 15) is 0 Å². The molecule has 0 amide bonds. The van der Waals surface area contributed by atoms with E-state index in [-0.39, 0.29) is 5.41 Å². The maximum absolute atomic E-state index is 9.15. The topological polar surface area (TPSA) is 23.8 Å². The van der Waals surface area contributed by atoms with E-state index in [2.05, 4.69) is 56.3 Å². The van der Waals surface area contributed by atoms with Crippen molar-refractivity contribution in [1.29, 1.82) is 5.26 Å². The summed E-state index contributed by atoms with van der Waals surface area (Å²) in [4.78, 5) is 0. The Bertz CT molecular complexity index is 672. The Hall–Kier alpha value is -2.07. The van der Waals surface area contributed by atoms with E-state index in [1.165, 1.54) is 22.3 Å². The number of nitrogens with zero attached hydrogens (tertiary/aromatic N) is 1. The van der Waals surface area contributed by atoms with E-state index < -0.39 is 0 Å². The largest absolute Gasteiger partial charge is 0.192 e. The molecule has 0 saturated carbocycles. The lowest BCUT2D eigenvalue weighted by molar-refractivity contribution is 0.490. The molecule has 1 heteroatoms. The molecule has 0 bridgehead atoms. The first-order chi connectivity index (χ1) is 9.26. The van der Waals surface area contributed by atoms with Gasteiger partial charge in [0.2, 0.25) is 0 Å². The molecule has 0 atom stereocenters. The van der Waals surface area contributed by atoms with Gasteiger partial charge in [0.1, 0.15) is 0 Å². The van der Waals surface area contributed by atoms with E-state index in [0.717, 1.165) is 18.4 Å². The van der Waals surface area contributed by atoms with Crippen molar-refractivity contribution in [2.45, 2.75) is 32.1 Å². The van der Waals surface area contributed by atoms with E-state index in [1.54, 1.807) is 0 Å². The zero-order valence-corrected chi connectivity index (χ0v) is 11.4. The molecule has 0 unspecified atom stereocenters. The van der Waals surface area contributed by atoms with Gasteiger partial charge in [0.25, 0.3) is 0 Å². The summed E-state index contributed by atoms with van der Waals surface area (Å²) in [6, 6.07) is 17.1. The highest BCUT2D eigenvalue weighted by Crippen LogP contribution is 2.52. The summed E-state index contributed by atoms with van der Waals surface area (Å²) in [6.07, 6.45) is 2.14. The fourth-order valence-corrected chi connectivity index (χ4v) is 3.54. The predicted octanol–water partition coefficient (Wildman–Crippen LogP) is 4.64. The van der Waals surface area contributed by atoms with Gasteiger partial charge in [-0.15, -0.1) is 0 Å². The van der Waals surface area contributed by atoms with Gasteiger partial charge in [-0.05, 0) is 47.2 Å². The molecule has 0 aliphatic heterocycles. The Morgan fingerprint density at radius 1 is 0.947 bits per heavy atom. The summed E-state index contributed by atoms with van der Waals surface area (Å²) in [5.74, 6) is 0. The molecule has 1 nitrogen and oxygen atoms in total. The summed E-state index contributed by atoms with van der Waals surface area (Å²) in [5, 5.41) is 9.15. The summed E-state index contributed by atoms with van der Waals surface area (Å²) >= 11 is 0. The van der Waals surface area contributed by atoms with Crippen LogP contribution in [0.2, 0.25) is 0 Å². The van der Waals surface area contributed by atoms with Crippen LogP contribution in [0, 0.1) is 11.3 Å². The third-order valence-corrected chi connectivity index (χ3v) is 4.60. The first kappa shape index (κ1) is 12.0. The summed E-state index contributed by atoms with van der Waals surface area (Å²) < 4.78 is 0. The van der Waals surface area contributed by atoms with E-state index in [1.807, 2.05) is 6.07 Å². The van der Waals surface area contributed by atoms with Crippen LogP contribution in [0.25, 0.3) is 11.1 Å². The fraction of sp³-hybridized carbons (Fsp3) is 0.278. The average Bonchev–Trinajstić information content (AvgIpc) is 2.77. The lowest BCUT2D eigenvalue weighted by Crippen LogP contribution is -2.23. The van der Waals surface area contributed by atoms with Gasteiger partial charge in [0.15, 0.2) is 0 Å². The minimum atomic E-state index is 0.0821. The van der Waals surface area contributed by atoms with Crippen LogP contribution in [0.5, 0.6) is 0 Å². The normalized spacial score (nSPS) is 14.6. The lowest BCUT2D eigenvalue weighted by atomic mass is 9.73. The van der Waals surface area contributed by atoms with E-state index >= 15 is 0 Å². The van der Waals surface area contributed by atoms with Crippen molar-refractivity contribution < 1.29 is 0 Å². The Labute approximate surface area is 114 Å². The monoisotopic (exact) mass is 247 g/mol. The number of nitriles is 1. The van der Waals surface area contributed by atoms with Crippen molar-refractivity contribution in [3.05, 3.63) is 59.2 Å². The van der Waals surface area contributed by atoms with Gasteiger partial charge in [0.05, 0.1) is 11.6 Å². The molecular weight excluding hydrogens is 230 g/mol. The van der Waals surface area contributed by atoms with Crippen molar-refractivity contribution >= 4 is 0 Å². The Morgan fingerprint density at radius 3 is 2.32 bits per heavy atom. The van der Waals surface area contributed by atoms with Gasteiger partial charge in [-0.3, -0.25) is 0 Å². The van der Waals surface area contributed by atoms with Crippen molar-refractivity contribution in [1.82, 2.24) is 0 Å². The quantitative estimate of drug-likeness (QED) is 0.758. The van der Waals surface area contributed by atoms with Crippen molar-refractivity contribution in [2.75, 3.05) is 0 Å². The molecule has 1 aliphatic carbocycles. The zero-order chi connectivity index (χ0) is 13.5. The minimum Gasteiger partial charge on any atom is -0.192 e. The zero-order valence-electron chi connectivity index (χ0n) is 11.4. The van der Waals surface area contributed by atoms with Gasteiger partial charge in [-0.25, -0.2) is 0 Å². The van der Waals surface area contributed by atoms with Crippen LogP contribution in [0.1, 0.15) is 43.4 Å². The standard InChI is InChI=1S/C18H17N/c1-3-18(4-2)16-8-6-5-7-14(16)15-10-9-13(12-19)11-17(15)18/h5-11H,3-4H2,1-2H3. The van der Waals surface area contributed by atoms with Crippen LogP contribution in [0.15, 0.2) is 42.5 Å². The summed E-state index contributed by atoms with van der Waals surface area (Å²) in [7, 11) is 0. The molecule has 0 saturated heterocycles. The smallest absolute Gasteiger partial charge is 0.0991 e. The Balaban J connectivity index is 2.37. The molecule has 0 fully saturated rings. The highest BCUT2D eigenvalue weighted by atomic mass is 14.4. The fourth-order valence-electron chi connectivity index (χ4n) is 3.54. The molecule has 3 rings (SSSR count). The van der Waals surface area contributed by atoms with Crippen LogP contribution < -0.4 is 0 Å². The first-order valence-electron chi connectivity index (χ1n) is 6.91. The molecule has 19 heavy (non-hydrogen) atoms. The van der Waals surface area contributed by atoms with Crippen LogP contribution in [-0.2, 0) is 5.41 Å². The first-order valence-corrected chi connectivity index (χ1v) is 6.91. The highest BCUT2D eigenvalue weighted by Gasteiger charge is 2.40. The number of benzene rings is 2. The molecule has 0 aromatic heterocycles. The lowest BCUT2D eigenvalue weighted by Gasteiger charge is -2.29. The molecule has 0 radical (unpaired) electrons. The van der Waals surface area contributed by atoms with Gasteiger partial charge >= 0.3 is 0 Å². The van der Waals surface area contributed by atoms with Gasteiger partial charge in [-0.2, -0.15) is 5.26 Å². The molecular formula is C18H17N. The van der Waals surface area contributed by atoms with Crippen LogP contribution in [-0.4, -0.2) is 0 Å². The molecule has 0 heterocycles. The van der Waals surface area contributed by atoms with Gasteiger partial charge < -0.3 is 0 Å². The summed E-state index contributed by atoms with van der Waals surface area (Å²) in [6.45, 7) is 4.49. The van der Waals surface area contributed by atoms with Crippen LogP contribution in [0.4, 0.5) is 0 Å². The molecule has 0 spiro atoms. The molecule has 2 aromatic carbocycles. The number of fused-ring (bicyclic) bond motifs is 3. The number of hydrogen-bond acceptors (Lipinski definition) is 1. The van der Waals surface area contributed by atoms with Gasteiger partial charge in [0, 0.05) is 5.41 Å². The average molecular weight is 247 g/mol.